The summed E-state index contributed by atoms with van der Waals surface area (Å²) in [5.41, 5.74) is -1.73. The summed E-state index contributed by atoms with van der Waals surface area (Å²) in [6.45, 7) is 5.50. The minimum Gasteiger partial charge on any atom is -0.444 e. The van der Waals surface area contributed by atoms with Crippen molar-refractivity contribution in [3.05, 3.63) is 38.9 Å². The van der Waals surface area contributed by atoms with Crippen LogP contribution in [-0.4, -0.2) is 34.6 Å². The average molecular weight is 426 g/mol. The molecule has 1 saturated carbocycles. The van der Waals surface area contributed by atoms with Gasteiger partial charge in [0.15, 0.2) is 0 Å². The number of carbonyl (C=O) groups is 2. The maximum atomic E-state index is 12.7. The van der Waals surface area contributed by atoms with E-state index in [0.29, 0.717) is 12.8 Å². The van der Waals surface area contributed by atoms with Gasteiger partial charge < -0.3 is 15.4 Å². The van der Waals surface area contributed by atoms with Crippen molar-refractivity contribution in [1.29, 1.82) is 0 Å². The monoisotopic (exact) mass is 425 g/mol. The number of nitrogens with one attached hydrogen (secondary N) is 2. The molecule has 1 aliphatic carbocycles. The molecule has 0 spiro atoms. The fourth-order valence-corrected chi connectivity index (χ4v) is 3.64. The summed E-state index contributed by atoms with van der Waals surface area (Å²) in [6, 6.07) is 3.85. The smallest absolute Gasteiger partial charge is 0.408 e. The molecule has 160 valence electrons. The molecule has 0 bridgehead atoms. The number of hydrogen-bond donors (Lipinski definition) is 2. The number of ether oxygens (including phenoxy) is 1. The molecule has 0 saturated heterocycles. The molecule has 29 heavy (non-hydrogen) atoms. The van der Waals surface area contributed by atoms with Gasteiger partial charge in [-0.25, -0.2) is 4.79 Å². The number of rotatable bonds is 5. The largest absolute Gasteiger partial charge is 0.444 e. The highest BCUT2D eigenvalue weighted by molar-refractivity contribution is 6.31. The van der Waals surface area contributed by atoms with Gasteiger partial charge in [-0.05, 0) is 45.7 Å². The highest BCUT2D eigenvalue weighted by atomic mass is 35.5. The number of benzene rings is 1. The highest BCUT2D eigenvalue weighted by Crippen LogP contribution is 2.28. The summed E-state index contributed by atoms with van der Waals surface area (Å²) >= 11 is 5.92. The Labute approximate surface area is 175 Å². The van der Waals surface area contributed by atoms with Gasteiger partial charge in [0.1, 0.15) is 11.2 Å². The van der Waals surface area contributed by atoms with Crippen LogP contribution in [0.15, 0.2) is 18.2 Å². The predicted molar refractivity (Wildman–Crippen MR) is 110 cm³/mol. The zero-order valence-electron chi connectivity index (χ0n) is 17.0. The Morgan fingerprint density at radius 2 is 1.83 bits per heavy atom. The fourth-order valence-electron chi connectivity index (χ4n) is 3.47. The van der Waals surface area contributed by atoms with Gasteiger partial charge in [-0.15, -0.1) is 0 Å². The second-order valence-electron chi connectivity index (χ2n) is 8.42. The molecule has 0 radical (unpaired) electrons. The van der Waals surface area contributed by atoms with Crippen molar-refractivity contribution in [1.82, 2.24) is 10.6 Å². The number of nitro benzene ring substituents is 1. The lowest BCUT2D eigenvalue weighted by molar-refractivity contribution is -0.385. The summed E-state index contributed by atoms with van der Waals surface area (Å²) in [6.07, 6.45) is 4.74. The zero-order chi connectivity index (χ0) is 21.7. The van der Waals surface area contributed by atoms with Crippen LogP contribution in [0.2, 0.25) is 5.02 Å². The summed E-state index contributed by atoms with van der Waals surface area (Å²) in [7, 11) is 0. The van der Waals surface area contributed by atoms with Crippen LogP contribution in [-0.2, 0) is 4.74 Å². The number of nitro groups is 1. The first-order chi connectivity index (χ1) is 13.5. The minimum atomic E-state index is -0.665. The Balaban J connectivity index is 2.17. The Morgan fingerprint density at radius 1 is 1.21 bits per heavy atom. The highest BCUT2D eigenvalue weighted by Gasteiger charge is 2.35. The Hall–Kier alpha value is -2.35. The van der Waals surface area contributed by atoms with Crippen LogP contribution in [0.1, 0.15) is 69.7 Å². The Bertz CT molecular complexity index is 768. The van der Waals surface area contributed by atoms with Gasteiger partial charge >= 0.3 is 6.09 Å². The van der Waals surface area contributed by atoms with E-state index >= 15 is 0 Å². The molecule has 1 fully saturated rings. The topological polar surface area (TPSA) is 111 Å². The number of nitrogens with zero attached hydrogens (tertiary/aromatic N) is 1. The van der Waals surface area contributed by atoms with E-state index in [9.17, 15) is 19.7 Å². The van der Waals surface area contributed by atoms with Crippen molar-refractivity contribution in [2.45, 2.75) is 70.4 Å². The lowest BCUT2D eigenvalue weighted by Crippen LogP contribution is -2.56. The molecule has 0 heterocycles. The molecule has 0 unspecified atom stereocenters. The number of halogens is 1. The normalized spacial score (nSPS) is 16.4. The molecule has 2 N–H and O–H groups in total. The lowest BCUT2D eigenvalue weighted by atomic mass is 9.90. The molecule has 1 aromatic rings. The molecule has 2 amide bonds. The molecular formula is C20H28ClN3O5. The van der Waals surface area contributed by atoms with Gasteiger partial charge in [-0.3, -0.25) is 14.9 Å². The van der Waals surface area contributed by atoms with Crippen molar-refractivity contribution in [3.63, 3.8) is 0 Å². The van der Waals surface area contributed by atoms with Gasteiger partial charge in [-0.2, -0.15) is 0 Å². The van der Waals surface area contributed by atoms with E-state index in [-0.39, 0.29) is 22.8 Å². The van der Waals surface area contributed by atoms with E-state index in [1.165, 1.54) is 18.2 Å². The number of hydrogen-bond acceptors (Lipinski definition) is 5. The number of alkyl carbamates (subject to hydrolysis) is 1. The van der Waals surface area contributed by atoms with E-state index in [1.54, 1.807) is 20.8 Å². The van der Waals surface area contributed by atoms with Crippen LogP contribution >= 0.6 is 11.6 Å². The predicted octanol–water partition coefficient (Wildman–Crippen LogP) is 4.60. The van der Waals surface area contributed by atoms with Crippen LogP contribution in [0.3, 0.4) is 0 Å². The molecule has 1 aliphatic rings. The van der Waals surface area contributed by atoms with E-state index in [0.717, 1.165) is 25.7 Å². The molecular weight excluding hydrogens is 398 g/mol. The summed E-state index contributed by atoms with van der Waals surface area (Å²) < 4.78 is 5.39. The Morgan fingerprint density at radius 3 is 2.38 bits per heavy atom. The first-order valence-corrected chi connectivity index (χ1v) is 10.1. The van der Waals surface area contributed by atoms with E-state index < -0.39 is 28.1 Å². The molecule has 2 rings (SSSR count). The first-order valence-electron chi connectivity index (χ1n) is 9.75. The molecule has 8 nitrogen and oxygen atoms in total. The van der Waals surface area contributed by atoms with Gasteiger partial charge in [0.2, 0.25) is 0 Å². The van der Waals surface area contributed by atoms with E-state index in [1.807, 2.05) is 0 Å². The third-order valence-corrected chi connectivity index (χ3v) is 5.05. The summed E-state index contributed by atoms with van der Waals surface area (Å²) in [5.74, 6) is -0.603. The van der Waals surface area contributed by atoms with Gasteiger partial charge in [-0.1, -0.05) is 37.3 Å². The van der Waals surface area contributed by atoms with Crippen molar-refractivity contribution in [2.24, 2.45) is 0 Å². The molecule has 1 aromatic carbocycles. The molecule has 9 heteroatoms. The third kappa shape index (κ3) is 6.88. The van der Waals surface area contributed by atoms with Crippen LogP contribution < -0.4 is 10.6 Å². The van der Waals surface area contributed by atoms with E-state index in [4.69, 9.17) is 16.3 Å². The second kappa shape index (κ2) is 9.43. The quantitative estimate of drug-likeness (QED) is 0.407. The first kappa shape index (κ1) is 22.9. The standard InChI is InChI=1S/C20H28ClN3O5/c1-19(2,3)29-18(26)23-20(10-6-4-5-7-11-20)13-22-17(25)15-12-14(21)8-9-16(15)24(27)28/h8-9,12H,4-7,10-11,13H2,1-3H3,(H,22,25)(H,23,26). The minimum absolute atomic E-state index is 0.108. The van der Waals surface area contributed by atoms with Crippen LogP contribution in [0.25, 0.3) is 0 Å². The van der Waals surface area contributed by atoms with E-state index in [2.05, 4.69) is 10.6 Å². The zero-order valence-corrected chi connectivity index (χ0v) is 17.8. The maximum absolute atomic E-state index is 12.7. The van der Waals surface area contributed by atoms with Gasteiger partial charge in [0.05, 0.1) is 10.5 Å². The van der Waals surface area contributed by atoms with Crippen LogP contribution in [0.5, 0.6) is 0 Å². The Kier molecular flexibility index (Phi) is 7.46. The van der Waals surface area contributed by atoms with Gasteiger partial charge in [0, 0.05) is 17.6 Å². The van der Waals surface area contributed by atoms with Crippen molar-refractivity contribution in [2.75, 3.05) is 6.54 Å². The van der Waals surface area contributed by atoms with Crippen molar-refractivity contribution >= 4 is 29.3 Å². The summed E-state index contributed by atoms with van der Waals surface area (Å²) in [5, 5.41) is 17.2. The third-order valence-electron chi connectivity index (χ3n) is 4.81. The van der Waals surface area contributed by atoms with Gasteiger partial charge in [0.25, 0.3) is 11.6 Å². The average Bonchev–Trinajstić information content (AvgIpc) is 2.83. The van der Waals surface area contributed by atoms with Crippen molar-refractivity contribution in [3.8, 4) is 0 Å². The maximum Gasteiger partial charge on any atom is 0.408 e. The second-order valence-corrected chi connectivity index (χ2v) is 8.86. The van der Waals surface area contributed by atoms with Crippen molar-refractivity contribution < 1.29 is 19.2 Å². The number of carbonyl (C=O) groups excluding carboxylic acids is 2. The number of amides is 2. The fraction of sp³-hybridized carbons (Fsp3) is 0.600. The molecule has 0 aliphatic heterocycles. The lowest BCUT2D eigenvalue weighted by Gasteiger charge is -2.35. The van der Waals surface area contributed by atoms with Crippen LogP contribution in [0.4, 0.5) is 10.5 Å². The molecule has 0 atom stereocenters. The SMILES string of the molecule is CC(C)(C)OC(=O)NC1(CNC(=O)c2cc(Cl)ccc2[N+](=O)[O-])CCCCCC1. The van der Waals surface area contributed by atoms with Crippen LogP contribution in [0, 0.1) is 10.1 Å². The molecule has 0 aromatic heterocycles. The summed E-state index contributed by atoms with van der Waals surface area (Å²) in [4.78, 5) is 35.7.